The Morgan fingerprint density at radius 1 is 0.685 bits per heavy atom. The zero-order valence-corrected chi connectivity index (χ0v) is 28.4. The predicted octanol–water partition coefficient (Wildman–Crippen LogP) is 8.11. The van der Waals surface area contributed by atoms with Gasteiger partial charge in [-0.2, -0.15) is 67.5 Å². The monoisotopic (exact) mass is 780 g/mol. The highest BCUT2D eigenvalue weighted by atomic mass is 19.4. The van der Waals surface area contributed by atoms with Gasteiger partial charge in [-0.15, -0.1) is 20.4 Å². The molecule has 1 atom stereocenters. The van der Waals surface area contributed by atoms with Gasteiger partial charge in [0.25, 0.3) is 5.82 Å². The molecule has 0 N–H and O–H groups in total. The fourth-order valence-electron chi connectivity index (χ4n) is 4.19. The van der Waals surface area contributed by atoms with Crippen molar-refractivity contribution in [3.05, 3.63) is 72.1 Å². The van der Waals surface area contributed by atoms with Crippen LogP contribution in [-0.2, 0) is 12.1 Å². The number of hydrogen-bond donors (Lipinski definition) is 0. The molecule has 6 aromatic heterocycles. The molecule has 0 spiro atoms. The Bertz CT molecular complexity index is 2180. The Kier molecular flexibility index (Phi) is 11.9. The van der Waals surface area contributed by atoms with Crippen LogP contribution in [0.4, 0.5) is 48.3 Å². The Morgan fingerprint density at radius 2 is 1.22 bits per heavy atom. The summed E-state index contributed by atoms with van der Waals surface area (Å²) in [6, 6.07) is 9.71. The van der Waals surface area contributed by atoms with Crippen LogP contribution in [0.1, 0.15) is 44.9 Å². The molecule has 0 aliphatic carbocycles. The Balaban J connectivity index is 0.000000230. The molecule has 6 rings (SSSR count). The van der Waals surface area contributed by atoms with E-state index in [-0.39, 0.29) is 40.0 Å². The van der Waals surface area contributed by atoms with Crippen molar-refractivity contribution in [2.45, 2.75) is 65.2 Å². The lowest BCUT2D eigenvalue weighted by molar-refractivity contribution is -0.190. The topological polar surface area (TPSA) is 130 Å². The van der Waals surface area contributed by atoms with Gasteiger partial charge < -0.3 is 9.47 Å². The number of fused-ring (bicyclic) bond motifs is 2. The van der Waals surface area contributed by atoms with Gasteiger partial charge in [0.15, 0.2) is 24.0 Å². The predicted molar refractivity (Wildman–Crippen MR) is 166 cm³/mol. The van der Waals surface area contributed by atoms with Gasteiger partial charge >= 0.3 is 24.5 Å². The quantitative estimate of drug-likeness (QED) is 0.147. The van der Waals surface area contributed by atoms with Crippen molar-refractivity contribution in [3.8, 4) is 34.3 Å². The van der Waals surface area contributed by atoms with Crippen LogP contribution < -0.4 is 9.47 Å². The minimum Gasteiger partial charge on any atom is -0.468 e. The number of hydrogen-bond acceptors (Lipinski definition) is 10. The van der Waals surface area contributed by atoms with Gasteiger partial charge in [0.2, 0.25) is 17.6 Å². The van der Waals surface area contributed by atoms with Crippen LogP contribution in [0.25, 0.3) is 33.8 Å². The molecule has 54 heavy (non-hydrogen) atoms. The van der Waals surface area contributed by atoms with E-state index in [9.17, 15) is 48.3 Å². The van der Waals surface area contributed by atoms with E-state index in [1.165, 1.54) is 55.6 Å². The number of ether oxygens (including phenoxy) is 2. The van der Waals surface area contributed by atoms with E-state index in [4.69, 9.17) is 4.74 Å². The largest absolute Gasteiger partial charge is 0.468 e. The van der Waals surface area contributed by atoms with Gasteiger partial charge in [0.1, 0.15) is 0 Å². The number of rotatable bonds is 7. The summed E-state index contributed by atoms with van der Waals surface area (Å²) in [5, 5.41) is 21.4. The number of pyridine rings is 2. The van der Waals surface area contributed by atoms with Gasteiger partial charge in [0.05, 0.1) is 11.4 Å². The van der Waals surface area contributed by atoms with Crippen LogP contribution in [-0.4, -0.2) is 74.7 Å². The first-order valence-electron chi connectivity index (χ1n) is 15.4. The molecule has 0 saturated carbocycles. The fourth-order valence-corrected chi connectivity index (χ4v) is 4.19. The summed E-state index contributed by atoms with van der Waals surface area (Å²) in [6.07, 6.45) is -13.4. The highest BCUT2D eigenvalue weighted by molar-refractivity contribution is 5.61. The van der Waals surface area contributed by atoms with Gasteiger partial charge in [0, 0.05) is 42.1 Å². The molecule has 0 aliphatic heterocycles. The number of halogens is 11. The van der Waals surface area contributed by atoms with Gasteiger partial charge in [-0.3, -0.25) is 0 Å². The maximum absolute atomic E-state index is 13.5. The molecule has 6 heterocycles. The Morgan fingerprint density at radius 3 is 1.70 bits per heavy atom. The van der Waals surface area contributed by atoms with E-state index in [2.05, 4.69) is 45.3 Å². The molecule has 1 unspecified atom stereocenters. The summed E-state index contributed by atoms with van der Waals surface area (Å²) >= 11 is 0. The average molecular weight is 781 g/mol. The van der Waals surface area contributed by atoms with Crippen molar-refractivity contribution in [2.75, 3.05) is 6.61 Å². The maximum Gasteiger partial charge on any atom is 0.453 e. The highest BCUT2D eigenvalue weighted by Gasteiger charge is 2.39. The molecule has 0 radical (unpaired) electrons. The summed E-state index contributed by atoms with van der Waals surface area (Å²) in [6.45, 7) is 5.50. The zero-order valence-electron chi connectivity index (χ0n) is 28.4. The van der Waals surface area contributed by atoms with Crippen LogP contribution >= 0.6 is 0 Å². The van der Waals surface area contributed by atoms with Crippen LogP contribution in [0.5, 0.6) is 11.8 Å². The van der Waals surface area contributed by atoms with Crippen LogP contribution in [0.15, 0.2) is 54.9 Å². The lowest BCUT2D eigenvalue weighted by Crippen LogP contribution is -2.31. The zero-order chi connectivity index (χ0) is 40.2. The van der Waals surface area contributed by atoms with Crippen molar-refractivity contribution in [1.82, 2.24) is 49.6 Å². The van der Waals surface area contributed by atoms with E-state index in [0.717, 1.165) is 17.6 Å². The van der Waals surface area contributed by atoms with E-state index in [1.807, 2.05) is 13.8 Å². The molecule has 290 valence electrons. The highest BCUT2D eigenvalue weighted by Crippen LogP contribution is 2.30. The van der Waals surface area contributed by atoms with E-state index < -0.39 is 48.8 Å². The first-order valence-corrected chi connectivity index (χ1v) is 15.4. The second-order valence-electron chi connectivity index (χ2n) is 10.8. The summed E-state index contributed by atoms with van der Waals surface area (Å²) in [4.78, 5) is 7.57. The van der Waals surface area contributed by atoms with E-state index in [1.54, 1.807) is 0 Å². The lowest BCUT2D eigenvalue weighted by atomic mass is 10.1. The Hall–Kier alpha value is -5.77. The summed E-state index contributed by atoms with van der Waals surface area (Å²) < 4.78 is 151. The molecule has 23 heteroatoms. The first-order chi connectivity index (χ1) is 25.1. The minimum absolute atomic E-state index is 0.101. The Labute approximate surface area is 297 Å². The molecule has 12 nitrogen and oxygen atoms in total. The SMILES string of the molecule is CC.CC(Oc1ccc(-c2ccc3nnc(C(C)(F)F)n3n2)cn1)C(F)(F)F.Cc1cc(-c2ccc3nnc(C(F)(F)F)n3n2)cnc1OCC(F)(F)F. The second kappa shape index (κ2) is 15.7. The normalized spacial score (nSPS) is 12.8. The lowest BCUT2D eigenvalue weighted by Gasteiger charge is -2.16. The molecule has 0 amide bonds. The molecular weight excluding hydrogens is 753 g/mol. The smallest absolute Gasteiger partial charge is 0.453 e. The molecule has 6 aromatic rings. The van der Waals surface area contributed by atoms with Gasteiger partial charge in [-0.1, -0.05) is 13.8 Å². The minimum atomic E-state index is -4.74. The van der Waals surface area contributed by atoms with Crippen molar-refractivity contribution < 1.29 is 57.8 Å². The number of aryl methyl sites for hydroxylation is 1. The van der Waals surface area contributed by atoms with Crippen molar-refractivity contribution in [3.63, 3.8) is 0 Å². The van der Waals surface area contributed by atoms with Crippen molar-refractivity contribution in [2.24, 2.45) is 0 Å². The van der Waals surface area contributed by atoms with Crippen molar-refractivity contribution >= 4 is 11.3 Å². The fraction of sp³-hybridized carbons (Fsp3) is 0.355. The van der Waals surface area contributed by atoms with E-state index in [0.29, 0.717) is 22.6 Å². The second-order valence-corrected chi connectivity index (χ2v) is 10.8. The molecule has 0 saturated heterocycles. The number of nitrogens with zero attached hydrogens (tertiary/aromatic N) is 10. The number of aromatic nitrogens is 10. The van der Waals surface area contributed by atoms with Crippen LogP contribution in [0.2, 0.25) is 0 Å². The third-order valence-electron chi connectivity index (χ3n) is 6.66. The van der Waals surface area contributed by atoms with Crippen molar-refractivity contribution in [1.29, 1.82) is 0 Å². The first kappa shape index (κ1) is 41.0. The molecule has 0 aliphatic rings. The summed E-state index contributed by atoms with van der Waals surface area (Å²) in [5.41, 5.74) is 1.39. The maximum atomic E-state index is 13.5. The van der Waals surface area contributed by atoms with Gasteiger partial charge in [-0.05, 0) is 50.2 Å². The number of alkyl halides is 11. The molecule has 0 bridgehead atoms. The van der Waals surface area contributed by atoms with Crippen LogP contribution in [0, 0.1) is 6.92 Å². The molecule has 0 aromatic carbocycles. The standard InChI is InChI=1S/C15H12F5N5O.C14H9F6N5O.C2H6/c1-8(15(18,19)20)26-12-6-3-9(7-21-12)10-4-5-11-22-23-13(14(2,16)17)25(11)24-10;1-7-4-8(5-21-11(7)26-6-13(15,16)17)9-2-3-10-22-23-12(14(18,19)20)25(10)24-9;1-2/h3-8H,1-2H3;2-5H,6H2,1H3;1-2H3. The third-order valence-corrected chi connectivity index (χ3v) is 6.66. The van der Waals surface area contributed by atoms with Gasteiger partial charge in [-0.25, -0.2) is 9.97 Å². The molecular formula is C31H27F11N10O2. The summed E-state index contributed by atoms with van der Waals surface area (Å²) in [5.74, 6) is -5.60. The third kappa shape index (κ3) is 10.0. The molecule has 0 fully saturated rings. The average Bonchev–Trinajstić information content (AvgIpc) is 3.73. The van der Waals surface area contributed by atoms with E-state index >= 15 is 0 Å². The van der Waals surface area contributed by atoms with Crippen LogP contribution in [0.3, 0.4) is 0 Å². The summed E-state index contributed by atoms with van der Waals surface area (Å²) in [7, 11) is 0.